The summed E-state index contributed by atoms with van der Waals surface area (Å²) in [6, 6.07) is 6.05. The normalized spacial score (nSPS) is 10.7. The number of nitro benzene ring substituents is 1. The van der Waals surface area contributed by atoms with Crippen LogP contribution in [0.4, 0.5) is 11.4 Å². The Bertz CT molecular complexity index is 495. The first-order valence-corrected chi connectivity index (χ1v) is 5.24. The van der Waals surface area contributed by atoms with Gasteiger partial charge in [-0.2, -0.15) is 0 Å². The Morgan fingerprint density at radius 3 is 2.72 bits per heavy atom. The average molecular weight is 247 g/mol. The van der Waals surface area contributed by atoms with Gasteiger partial charge in [-0.1, -0.05) is 30.4 Å². The average Bonchev–Trinajstić information content (AvgIpc) is 2.37. The smallest absolute Gasteiger partial charge is 0.292 e. The van der Waals surface area contributed by atoms with Crippen molar-refractivity contribution in [2.75, 3.05) is 5.43 Å². The number of allylic oxidation sites excluding steroid dienone is 3. The van der Waals surface area contributed by atoms with Crippen molar-refractivity contribution in [3.8, 4) is 0 Å². The number of carbonyl (C=O) groups excluding carboxylic acids is 1. The van der Waals surface area contributed by atoms with Gasteiger partial charge in [0.2, 0.25) is 0 Å². The van der Waals surface area contributed by atoms with Gasteiger partial charge < -0.3 is 0 Å². The lowest BCUT2D eigenvalue weighted by molar-refractivity contribution is -0.384. The Morgan fingerprint density at radius 2 is 2.06 bits per heavy atom. The lowest BCUT2D eigenvalue weighted by Gasteiger charge is -2.06. The highest BCUT2D eigenvalue weighted by molar-refractivity contribution is 5.88. The molecule has 0 saturated carbocycles. The van der Waals surface area contributed by atoms with Crippen LogP contribution >= 0.6 is 0 Å². The van der Waals surface area contributed by atoms with Crippen LogP contribution in [0.15, 0.2) is 48.6 Å². The minimum atomic E-state index is -0.524. The molecule has 0 heterocycles. The summed E-state index contributed by atoms with van der Waals surface area (Å²) in [5, 5.41) is 10.7. The van der Waals surface area contributed by atoms with Crippen molar-refractivity contribution in [1.82, 2.24) is 5.43 Å². The maximum Gasteiger partial charge on any atom is 0.294 e. The van der Waals surface area contributed by atoms with Crippen molar-refractivity contribution in [2.24, 2.45) is 0 Å². The van der Waals surface area contributed by atoms with E-state index < -0.39 is 10.8 Å². The van der Waals surface area contributed by atoms with Crippen LogP contribution in [0.3, 0.4) is 0 Å². The fraction of sp³-hybridized carbons (Fsp3) is 0.0833. The largest absolute Gasteiger partial charge is 0.294 e. The van der Waals surface area contributed by atoms with Crippen molar-refractivity contribution >= 4 is 17.3 Å². The Morgan fingerprint density at radius 1 is 1.33 bits per heavy atom. The summed E-state index contributed by atoms with van der Waals surface area (Å²) in [5.41, 5.74) is 4.97. The molecule has 0 bridgehead atoms. The minimum absolute atomic E-state index is 0.102. The zero-order valence-electron chi connectivity index (χ0n) is 9.79. The van der Waals surface area contributed by atoms with Gasteiger partial charge in [-0.05, 0) is 13.0 Å². The minimum Gasteiger partial charge on any atom is -0.292 e. The van der Waals surface area contributed by atoms with Gasteiger partial charge in [0, 0.05) is 12.1 Å². The number of hydrazine groups is 1. The van der Waals surface area contributed by atoms with Gasteiger partial charge in [0.25, 0.3) is 11.6 Å². The van der Waals surface area contributed by atoms with E-state index >= 15 is 0 Å². The van der Waals surface area contributed by atoms with E-state index in [0.717, 1.165) is 0 Å². The summed E-state index contributed by atoms with van der Waals surface area (Å²) in [5.74, 6) is -0.397. The molecule has 18 heavy (non-hydrogen) atoms. The molecule has 0 radical (unpaired) electrons. The first-order valence-electron chi connectivity index (χ1n) is 5.24. The second-order valence-corrected chi connectivity index (χ2v) is 3.27. The van der Waals surface area contributed by atoms with Gasteiger partial charge >= 0.3 is 0 Å². The van der Waals surface area contributed by atoms with E-state index in [1.807, 2.05) is 6.92 Å². The van der Waals surface area contributed by atoms with Gasteiger partial charge in [0.15, 0.2) is 0 Å². The van der Waals surface area contributed by atoms with Crippen molar-refractivity contribution in [2.45, 2.75) is 6.92 Å². The van der Waals surface area contributed by atoms with Crippen LogP contribution in [0.25, 0.3) is 0 Å². The van der Waals surface area contributed by atoms with Crippen LogP contribution in [-0.2, 0) is 4.79 Å². The fourth-order valence-corrected chi connectivity index (χ4v) is 1.16. The van der Waals surface area contributed by atoms with Crippen molar-refractivity contribution in [3.05, 3.63) is 58.7 Å². The van der Waals surface area contributed by atoms with E-state index in [1.165, 1.54) is 18.2 Å². The zero-order valence-corrected chi connectivity index (χ0v) is 9.79. The second-order valence-electron chi connectivity index (χ2n) is 3.27. The fourth-order valence-electron chi connectivity index (χ4n) is 1.16. The number of carbonyl (C=O) groups is 1. The number of para-hydroxylation sites is 2. The van der Waals surface area contributed by atoms with Gasteiger partial charge in [-0.15, -0.1) is 0 Å². The quantitative estimate of drug-likeness (QED) is 0.361. The highest BCUT2D eigenvalue weighted by atomic mass is 16.6. The third-order valence-electron chi connectivity index (χ3n) is 1.97. The number of nitrogens with one attached hydrogen (secondary N) is 2. The zero-order chi connectivity index (χ0) is 13.4. The monoisotopic (exact) mass is 247 g/mol. The molecule has 0 atom stereocenters. The van der Waals surface area contributed by atoms with Crippen molar-refractivity contribution in [3.63, 3.8) is 0 Å². The lowest BCUT2D eigenvalue weighted by Crippen LogP contribution is -2.27. The predicted octanol–water partition coefficient (Wildman–Crippen LogP) is 2.17. The van der Waals surface area contributed by atoms with E-state index in [4.69, 9.17) is 0 Å². The summed E-state index contributed by atoms with van der Waals surface area (Å²) in [7, 11) is 0. The molecule has 94 valence electrons. The SMILES string of the molecule is C/C=C/C=C/C(=O)NNc1ccccc1[N+](=O)[O-]. The molecule has 1 aromatic carbocycles. The summed E-state index contributed by atoms with van der Waals surface area (Å²) >= 11 is 0. The molecule has 0 spiro atoms. The summed E-state index contributed by atoms with van der Waals surface area (Å²) < 4.78 is 0. The second kappa shape index (κ2) is 6.85. The molecule has 1 amide bonds. The lowest BCUT2D eigenvalue weighted by atomic mass is 10.3. The van der Waals surface area contributed by atoms with Crippen LogP contribution in [0, 0.1) is 10.1 Å². The number of nitrogens with zero attached hydrogens (tertiary/aromatic N) is 1. The number of nitro groups is 1. The Balaban J connectivity index is 2.64. The number of hydrogen-bond donors (Lipinski definition) is 2. The van der Waals surface area contributed by atoms with E-state index in [1.54, 1.807) is 30.4 Å². The molecule has 0 aromatic heterocycles. The Kier molecular flexibility index (Phi) is 5.11. The molecule has 6 nitrogen and oxygen atoms in total. The molecule has 0 aliphatic carbocycles. The van der Waals surface area contributed by atoms with E-state index in [9.17, 15) is 14.9 Å². The van der Waals surface area contributed by atoms with Crippen LogP contribution < -0.4 is 10.9 Å². The molecule has 1 aromatic rings. The first kappa shape index (κ1) is 13.4. The van der Waals surface area contributed by atoms with Crippen LogP contribution in [0.1, 0.15) is 6.92 Å². The van der Waals surface area contributed by atoms with Crippen molar-refractivity contribution in [1.29, 1.82) is 0 Å². The van der Waals surface area contributed by atoms with Crippen LogP contribution in [0.5, 0.6) is 0 Å². The maximum absolute atomic E-state index is 11.3. The Labute approximate surface area is 104 Å². The summed E-state index contributed by atoms with van der Waals surface area (Å²) in [6.45, 7) is 1.83. The van der Waals surface area contributed by atoms with Crippen molar-refractivity contribution < 1.29 is 9.72 Å². The predicted molar refractivity (Wildman–Crippen MR) is 68.8 cm³/mol. The van der Waals surface area contributed by atoms with Gasteiger partial charge in [-0.25, -0.2) is 0 Å². The van der Waals surface area contributed by atoms with Crippen LogP contribution in [-0.4, -0.2) is 10.8 Å². The topological polar surface area (TPSA) is 84.3 Å². The molecule has 0 aliphatic rings. The molecule has 6 heteroatoms. The molecule has 0 unspecified atom stereocenters. The molecule has 0 aliphatic heterocycles. The molecular formula is C12H13N3O3. The van der Waals surface area contributed by atoms with Gasteiger partial charge in [-0.3, -0.25) is 25.8 Å². The number of rotatable bonds is 5. The number of amides is 1. The maximum atomic E-state index is 11.3. The summed E-state index contributed by atoms with van der Waals surface area (Å²) in [4.78, 5) is 21.5. The molecule has 2 N–H and O–H groups in total. The highest BCUT2D eigenvalue weighted by Crippen LogP contribution is 2.21. The molecular weight excluding hydrogens is 234 g/mol. The van der Waals surface area contributed by atoms with E-state index in [0.29, 0.717) is 0 Å². The first-order chi connectivity index (χ1) is 8.65. The molecule has 1 rings (SSSR count). The molecule has 0 fully saturated rings. The highest BCUT2D eigenvalue weighted by Gasteiger charge is 2.11. The van der Waals surface area contributed by atoms with E-state index in [2.05, 4.69) is 10.9 Å². The van der Waals surface area contributed by atoms with E-state index in [-0.39, 0.29) is 11.4 Å². The standard InChI is InChI=1S/C12H13N3O3/c1-2-3-4-9-12(16)14-13-10-7-5-6-8-11(10)15(17)18/h2-9,13H,1H3,(H,14,16)/b3-2+,9-4+. The summed E-state index contributed by atoms with van der Waals surface area (Å²) in [6.07, 6.45) is 6.35. The number of hydrogen-bond acceptors (Lipinski definition) is 4. The third kappa shape index (κ3) is 4.09. The number of anilines is 1. The van der Waals surface area contributed by atoms with Gasteiger partial charge in [0.1, 0.15) is 5.69 Å². The van der Waals surface area contributed by atoms with Gasteiger partial charge in [0.05, 0.1) is 4.92 Å². The Hall–Kier alpha value is -2.63. The molecule has 0 saturated heterocycles. The third-order valence-corrected chi connectivity index (χ3v) is 1.97. The number of benzene rings is 1. The van der Waals surface area contributed by atoms with Crippen LogP contribution in [0.2, 0.25) is 0 Å².